The highest BCUT2D eigenvalue weighted by atomic mass is 32.1. The third-order valence-corrected chi connectivity index (χ3v) is 6.06. The van der Waals surface area contributed by atoms with Crippen LogP contribution in [0.1, 0.15) is 58.7 Å². The highest BCUT2D eigenvalue weighted by molar-refractivity contribution is 7.12. The maximum atomic E-state index is 12.6. The molecule has 0 saturated heterocycles. The van der Waals surface area contributed by atoms with Gasteiger partial charge in [-0.15, -0.1) is 11.3 Å². The zero-order valence-corrected chi connectivity index (χ0v) is 15.2. The molecule has 0 aromatic carbocycles. The first-order chi connectivity index (χ1) is 12.5. The standard InChI is InChI=1S/C19H19N3O3S/c1-10(23)13-7-21-19(25)16-14(11-6-15(18(20)24)26-9-11)8-22(17(13)16)12-4-2-3-5-12/h6-9,12H,2-5H2,1H3,(H2,20,24)(H,21,25). The molecule has 1 aliphatic carbocycles. The molecule has 3 aromatic heterocycles. The van der Waals surface area contributed by atoms with E-state index in [1.54, 1.807) is 6.07 Å². The van der Waals surface area contributed by atoms with Crippen molar-refractivity contribution in [1.29, 1.82) is 0 Å². The van der Waals surface area contributed by atoms with Gasteiger partial charge in [0.2, 0.25) is 0 Å². The molecule has 6 nitrogen and oxygen atoms in total. The second-order valence-electron chi connectivity index (χ2n) is 6.76. The second-order valence-corrected chi connectivity index (χ2v) is 7.67. The van der Waals surface area contributed by atoms with Gasteiger partial charge in [-0.2, -0.15) is 0 Å². The smallest absolute Gasteiger partial charge is 0.258 e. The monoisotopic (exact) mass is 369 g/mol. The third-order valence-electron chi connectivity index (χ3n) is 5.11. The number of nitrogens with one attached hydrogen (secondary N) is 1. The van der Waals surface area contributed by atoms with Crippen LogP contribution >= 0.6 is 11.3 Å². The topological polar surface area (TPSA) is 98.0 Å². The highest BCUT2D eigenvalue weighted by Gasteiger charge is 2.25. The molecule has 4 rings (SSSR count). The molecule has 0 aliphatic heterocycles. The van der Waals surface area contributed by atoms with E-state index in [4.69, 9.17) is 5.73 Å². The normalized spacial score (nSPS) is 15.0. The number of rotatable bonds is 4. The lowest BCUT2D eigenvalue weighted by atomic mass is 10.1. The van der Waals surface area contributed by atoms with E-state index in [1.165, 1.54) is 24.5 Å². The van der Waals surface area contributed by atoms with E-state index in [0.29, 0.717) is 21.3 Å². The highest BCUT2D eigenvalue weighted by Crippen LogP contribution is 2.38. The van der Waals surface area contributed by atoms with Gasteiger partial charge in [-0.1, -0.05) is 12.8 Å². The van der Waals surface area contributed by atoms with Crippen molar-refractivity contribution in [3.05, 3.63) is 44.6 Å². The van der Waals surface area contributed by atoms with Crippen LogP contribution in [0.5, 0.6) is 0 Å². The molecule has 0 unspecified atom stereocenters. The molecule has 134 valence electrons. The van der Waals surface area contributed by atoms with Gasteiger partial charge in [0, 0.05) is 24.0 Å². The van der Waals surface area contributed by atoms with Gasteiger partial charge in [0.15, 0.2) is 5.78 Å². The van der Waals surface area contributed by atoms with Crippen LogP contribution in [0.15, 0.2) is 28.6 Å². The Bertz CT molecular complexity index is 1080. The van der Waals surface area contributed by atoms with E-state index < -0.39 is 5.91 Å². The van der Waals surface area contributed by atoms with Gasteiger partial charge in [0.05, 0.1) is 21.3 Å². The van der Waals surface area contributed by atoms with Gasteiger partial charge in [0.25, 0.3) is 11.5 Å². The van der Waals surface area contributed by atoms with Gasteiger partial charge in [0.1, 0.15) is 0 Å². The van der Waals surface area contributed by atoms with Crippen molar-refractivity contribution in [3.8, 4) is 11.1 Å². The van der Waals surface area contributed by atoms with Crippen molar-refractivity contribution >= 4 is 33.9 Å². The van der Waals surface area contributed by atoms with Crippen LogP contribution in [0.25, 0.3) is 22.0 Å². The average Bonchev–Trinajstić information content (AvgIpc) is 3.33. The molecular weight excluding hydrogens is 350 g/mol. The Hall–Kier alpha value is -2.67. The SMILES string of the molecule is CC(=O)c1c[nH]c(=O)c2c(-c3csc(C(N)=O)c3)cn(C3CCCC3)c12. The summed E-state index contributed by atoms with van der Waals surface area (Å²) >= 11 is 1.26. The summed E-state index contributed by atoms with van der Waals surface area (Å²) in [4.78, 5) is 39.4. The number of H-pyrrole nitrogens is 1. The van der Waals surface area contributed by atoms with Crippen molar-refractivity contribution in [2.75, 3.05) is 0 Å². The molecule has 1 fully saturated rings. The van der Waals surface area contributed by atoms with Crippen LogP contribution in [0.2, 0.25) is 0 Å². The maximum absolute atomic E-state index is 12.6. The number of aromatic amines is 1. The zero-order valence-electron chi connectivity index (χ0n) is 14.4. The molecule has 3 aromatic rings. The fourth-order valence-electron chi connectivity index (χ4n) is 3.87. The lowest BCUT2D eigenvalue weighted by Gasteiger charge is -2.14. The first-order valence-electron chi connectivity index (χ1n) is 8.63. The minimum Gasteiger partial charge on any atom is -0.365 e. The molecule has 26 heavy (non-hydrogen) atoms. The first-order valence-corrected chi connectivity index (χ1v) is 9.51. The molecule has 1 aliphatic rings. The van der Waals surface area contributed by atoms with Gasteiger partial charge in [-0.05, 0) is 36.8 Å². The van der Waals surface area contributed by atoms with E-state index in [1.807, 2.05) is 11.6 Å². The van der Waals surface area contributed by atoms with Crippen molar-refractivity contribution in [1.82, 2.24) is 9.55 Å². The Labute approximate surface area is 153 Å². The molecule has 7 heteroatoms. The summed E-state index contributed by atoms with van der Waals surface area (Å²) in [6.07, 6.45) is 7.80. The predicted octanol–water partition coefficient (Wildman–Crippen LogP) is 3.47. The number of carbonyl (C=O) groups is 2. The number of ketones is 1. The van der Waals surface area contributed by atoms with Crippen LogP contribution in [0, 0.1) is 0 Å². The molecule has 1 saturated carbocycles. The number of fused-ring (bicyclic) bond motifs is 1. The number of nitrogens with zero attached hydrogens (tertiary/aromatic N) is 1. The number of nitrogens with two attached hydrogens (primary N) is 1. The largest absolute Gasteiger partial charge is 0.365 e. The molecule has 0 bridgehead atoms. The second kappa shape index (κ2) is 6.25. The fraction of sp³-hybridized carbons (Fsp3) is 0.316. The number of carbonyl (C=O) groups excluding carboxylic acids is 2. The molecule has 1 amide bonds. The van der Waals surface area contributed by atoms with Crippen LogP contribution < -0.4 is 11.3 Å². The van der Waals surface area contributed by atoms with Crippen LogP contribution in [-0.2, 0) is 0 Å². The van der Waals surface area contributed by atoms with Crippen LogP contribution in [-0.4, -0.2) is 21.2 Å². The summed E-state index contributed by atoms with van der Waals surface area (Å²) in [5, 5.41) is 2.33. The summed E-state index contributed by atoms with van der Waals surface area (Å²) in [5.74, 6) is -0.572. The number of primary amides is 1. The Morgan fingerprint density at radius 1 is 1.31 bits per heavy atom. The Morgan fingerprint density at radius 3 is 2.65 bits per heavy atom. The first kappa shape index (κ1) is 16.8. The van der Waals surface area contributed by atoms with E-state index in [9.17, 15) is 14.4 Å². The Morgan fingerprint density at radius 2 is 2.04 bits per heavy atom. The molecule has 3 N–H and O–H groups in total. The Balaban J connectivity index is 2.04. The fourth-order valence-corrected chi connectivity index (χ4v) is 4.63. The van der Waals surface area contributed by atoms with E-state index in [-0.39, 0.29) is 17.4 Å². The van der Waals surface area contributed by atoms with Gasteiger partial charge in [-0.3, -0.25) is 14.4 Å². The van der Waals surface area contributed by atoms with Crippen LogP contribution in [0.3, 0.4) is 0 Å². The summed E-state index contributed by atoms with van der Waals surface area (Å²) in [5.41, 5.74) is 7.85. The lowest BCUT2D eigenvalue weighted by molar-refractivity contribution is 0.0999. The molecule has 0 radical (unpaired) electrons. The van der Waals surface area contributed by atoms with Crippen molar-refractivity contribution < 1.29 is 9.59 Å². The van der Waals surface area contributed by atoms with Gasteiger partial charge in [-0.25, -0.2) is 0 Å². The lowest BCUT2D eigenvalue weighted by Crippen LogP contribution is -2.12. The average molecular weight is 369 g/mol. The predicted molar refractivity (Wildman–Crippen MR) is 102 cm³/mol. The molecular formula is C19H19N3O3S. The van der Waals surface area contributed by atoms with Crippen LogP contribution in [0.4, 0.5) is 0 Å². The van der Waals surface area contributed by atoms with Crippen molar-refractivity contribution in [2.24, 2.45) is 5.73 Å². The summed E-state index contributed by atoms with van der Waals surface area (Å²) in [6.45, 7) is 1.51. The minimum absolute atomic E-state index is 0.0849. The summed E-state index contributed by atoms with van der Waals surface area (Å²) in [7, 11) is 0. The number of aromatic nitrogens is 2. The van der Waals surface area contributed by atoms with Gasteiger partial charge < -0.3 is 15.3 Å². The quantitative estimate of drug-likeness (QED) is 0.689. The molecule has 0 atom stereocenters. The van der Waals surface area contributed by atoms with E-state index >= 15 is 0 Å². The van der Waals surface area contributed by atoms with E-state index in [0.717, 1.165) is 36.8 Å². The minimum atomic E-state index is -0.487. The number of hydrogen-bond acceptors (Lipinski definition) is 4. The van der Waals surface area contributed by atoms with Crippen molar-refractivity contribution in [2.45, 2.75) is 38.6 Å². The summed E-state index contributed by atoms with van der Waals surface area (Å²) < 4.78 is 2.09. The number of pyridine rings is 1. The molecule has 3 heterocycles. The Kier molecular flexibility index (Phi) is 4.03. The number of amides is 1. The number of thiophene rings is 1. The van der Waals surface area contributed by atoms with Crippen molar-refractivity contribution in [3.63, 3.8) is 0 Å². The van der Waals surface area contributed by atoms with E-state index in [2.05, 4.69) is 9.55 Å². The number of Topliss-reactive ketones (excluding diaryl/α,β-unsaturated/α-hetero) is 1. The van der Waals surface area contributed by atoms with Gasteiger partial charge >= 0.3 is 0 Å². The zero-order chi connectivity index (χ0) is 18.4. The third kappa shape index (κ3) is 2.59. The maximum Gasteiger partial charge on any atom is 0.258 e. The molecule has 0 spiro atoms. The number of hydrogen-bond donors (Lipinski definition) is 2. The summed E-state index contributed by atoms with van der Waals surface area (Å²) in [6, 6.07) is 1.99.